The van der Waals surface area contributed by atoms with Gasteiger partial charge in [-0.05, 0) is 12.1 Å². The van der Waals surface area contributed by atoms with Crippen LogP contribution < -0.4 is 0 Å². The fourth-order valence-electron chi connectivity index (χ4n) is 1.89. The molecular weight excluding hydrogens is 212 g/mol. The van der Waals surface area contributed by atoms with Crippen molar-refractivity contribution in [2.24, 2.45) is 0 Å². The summed E-state index contributed by atoms with van der Waals surface area (Å²) in [6, 6.07) is 11.7. The van der Waals surface area contributed by atoms with Crippen LogP contribution in [0.4, 0.5) is 0 Å². The van der Waals surface area contributed by atoms with Crippen molar-refractivity contribution in [3.05, 3.63) is 48.3 Å². The number of pyridine rings is 1. The normalized spacial score (nSPS) is 10.3. The topological polar surface area (TPSA) is 65.4 Å². The molecule has 3 rings (SSSR count). The zero-order valence-corrected chi connectivity index (χ0v) is 8.88. The van der Waals surface area contributed by atoms with Crippen LogP contribution in [-0.2, 0) is 0 Å². The first-order chi connectivity index (χ1) is 8.40. The molecule has 0 saturated carbocycles. The minimum Gasteiger partial charge on any atom is -0.278 e. The van der Waals surface area contributed by atoms with E-state index in [0.717, 1.165) is 22.2 Å². The third kappa shape index (κ3) is 1.45. The van der Waals surface area contributed by atoms with Gasteiger partial charge in [-0.25, -0.2) is 0 Å². The molecule has 4 heteroatoms. The van der Waals surface area contributed by atoms with Gasteiger partial charge in [0, 0.05) is 23.3 Å². The van der Waals surface area contributed by atoms with Gasteiger partial charge in [0.05, 0.1) is 16.8 Å². The van der Waals surface area contributed by atoms with Crippen LogP contribution in [0.25, 0.3) is 22.2 Å². The summed E-state index contributed by atoms with van der Waals surface area (Å²) in [6.45, 7) is 0. The van der Waals surface area contributed by atoms with E-state index in [4.69, 9.17) is 0 Å². The lowest BCUT2D eigenvalue weighted by atomic mass is 10.0. The van der Waals surface area contributed by atoms with Gasteiger partial charge in [-0.2, -0.15) is 10.4 Å². The molecule has 0 unspecified atom stereocenters. The summed E-state index contributed by atoms with van der Waals surface area (Å²) in [5, 5.41) is 17.0. The maximum atomic E-state index is 9.29. The summed E-state index contributed by atoms with van der Waals surface area (Å²) in [4.78, 5) is 4.27. The quantitative estimate of drug-likeness (QED) is 0.685. The van der Waals surface area contributed by atoms with Crippen molar-refractivity contribution in [1.29, 1.82) is 5.26 Å². The van der Waals surface area contributed by atoms with Crippen LogP contribution in [0.5, 0.6) is 0 Å². The van der Waals surface area contributed by atoms with E-state index in [1.54, 1.807) is 12.4 Å². The Bertz CT molecular complexity index is 708. The Balaban J connectivity index is 2.38. The molecule has 17 heavy (non-hydrogen) atoms. The molecule has 0 bridgehead atoms. The van der Waals surface area contributed by atoms with Crippen molar-refractivity contribution >= 4 is 10.9 Å². The van der Waals surface area contributed by atoms with Crippen molar-refractivity contribution in [3.63, 3.8) is 0 Å². The lowest BCUT2D eigenvalue weighted by Crippen LogP contribution is -1.89. The van der Waals surface area contributed by atoms with Crippen LogP contribution in [0, 0.1) is 11.3 Å². The largest absolute Gasteiger partial charge is 0.278 e. The first kappa shape index (κ1) is 9.55. The number of fused-ring (bicyclic) bond motifs is 1. The molecule has 4 nitrogen and oxygen atoms in total. The molecule has 0 amide bonds. The van der Waals surface area contributed by atoms with Gasteiger partial charge in [0.15, 0.2) is 0 Å². The number of benzene rings is 1. The van der Waals surface area contributed by atoms with Crippen LogP contribution in [0.1, 0.15) is 5.56 Å². The van der Waals surface area contributed by atoms with Gasteiger partial charge in [-0.1, -0.05) is 18.2 Å². The molecule has 0 radical (unpaired) electrons. The Kier molecular flexibility index (Phi) is 2.09. The van der Waals surface area contributed by atoms with Gasteiger partial charge in [0.1, 0.15) is 6.07 Å². The molecule has 0 spiro atoms. The molecule has 0 fully saturated rings. The van der Waals surface area contributed by atoms with Gasteiger partial charge in [0.25, 0.3) is 0 Å². The molecule has 80 valence electrons. The Morgan fingerprint density at radius 2 is 2.06 bits per heavy atom. The van der Waals surface area contributed by atoms with E-state index >= 15 is 0 Å². The highest BCUT2D eigenvalue weighted by atomic mass is 15.1. The molecule has 0 saturated heterocycles. The predicted octanol–water partition coefficient (Wildman–Crippen LogP) is 2.50. The van der Waals surface area contributed by atoms with E-state index in [9.17, 15) is 5.26 Å². The van der Waals surface area contributed by atoms with Gasteiger partial charge in [0.2, 0.25) is 0 Å². The van der Waals surface area contributed by atoms with Crippen LogP contribution in [0.15, 0.2) is 42.7 Å². The number of nitrogens with one attached hydrogen (secondary N) is 1. The third-order valence-corrected chi connectivity index (χ3v) is 2.68. The number of H-pyrrole nitrogens is 1. The highest BCUT2D eigenvalue weighted by molar-refractivity contribution is 5.90. The average molecular weight is 220 g/mol. The fraction of sp³-hybridized carbons (Fsp3) is 0. The molecule has 0 aliphatic carbocycles. The van der Waals surface area contributed by atoms with Crippen molar-refractivity contribution in [2.45, 2.75) is 0 Å². The number of nitrogens with zero attached hydrogens (tertiary/aromatic N) is 3. The van der Waals surface area contributed by atoms with Gasteiger partial charge in [-0.3, -0.25) is 10.1 Å². The maximum Gasteiger partial charge on any atom is 0.102 e. The van der Waals surface area contributed by atoms with E-state index < -0.39 is 0 Å². The number of aromatic nitrogens is 3. The van der Waals surface area contributed by atoms with Crippen LogP contribution in [0.2, 0.25) is 0 Å². The SMILES string of the molecule is N#Cc1c(-c2ccn[nH]2)ccc2cccnc12. The number of aromatic amines is 1. The van der Waals surface area contributed by atoms with Crippen molar-refractivity contribution in [3.8, 4) is 17.3 Å². The number of rotatable bonds is 1. The Morgan fingerprint density at radius 1 is 1.12 bits per heavy atom. The summed E-state index contributed by atoms with van der Waals surface area (Å²) in [6.07, 6.45) is 3.36. The predicted molar refractivity (Wildman–Crippen MR) is 64.0 cm³/mol. The minimum absolute atomic E-state index is 0.576. The molecule has 2 aromatic heterocycles. The fourth-order valence-corrected chi connectivity index (χ4v) is 1.89. The Morgan fingerprint density at radius 3 is 2.82 bits per heavy atom. The maximum absolute atomic E-state index is 9.29. The van der Waals surface area contributed by atoms with E-state index in [-0.39, 0.29) is 0 Å². The summed E-state index contributed by atoms with van der Waals surface area (Å²) in [7, 11) is 0. The first-order valence-corrected chi connectivity index (χ1v) is 5.18. The van der Waals surface area contributed by atoms with Crippen LogP contribution in [-0.4, -0.2) is 15.2 Å². The van der Waals surface area contributed by atoms with E-state index in [1.807, 2.05) is 30.3 Å². The molecule has 3 aromatic rings. The van der Waals surface area contributed by atoms with Gasteiger partial charge >= 0.3 is 0 Å². The van der Waals surface area contributed by atoms with E-state index in [2.05, 4.69) is 21.3 Å². The molecule has 0 aliphatic rings. The highest BCUT2D eigenvalue weighted by Gasteiger charge is 2.10. The van der Waals surface area contributed by atoms with Crippen molar-refractivity contribution < 1.29 is 0 Å². The summed E-state index contributed by atoms with van der Waals surface area (Å²) < 4.78 is 0. The Labute approximate surface area is 97.5 Å². The van der Waals surface area contributed by atoms with Crippen molar-refractivity contribution in [2.75, 3.05) is 0 Å². The summed E-state index contributed by atoms with van der Waals surface area (Å²) in [5.74, 6) is 0. The Hall–Kier alpha value is -2.67. The zero-order chi connectivity index (χ0) is 11.7. The van der Waals surface area contributed by atoms with Gasteiger partial charge in [-0.15, -0.1) is 0 Å². The molecule has 0 aliphatic heterocycles. The molecule has 1 aromatic carbocycles. The standard InChI is InChI=1S/C13H8N4/c14-8-11-10(12-5-7-16-17-12)4-3-9-2-1-6-15-13(9)11/h1-7H,(H,16,17). The van der Waals surface area contributed by atoms with E-state index in [0.29, 0.717) is 5.56 Å². The molecule has 2 heterocycles. The van der Waals surface area contributed by atoms with Gasteiger partial charge < -0.3 is 0 Å². The summed E-state index contributed by atoms with van der Waals surface area (Å²) >= 11 is 0. The smallest absolute Gasteiger partial charge is 0.102 e. The monoisotopic (exact) mass is 220 g/mol. The second kappa shape index (κ2) is 3.72. The van der Waals surface area contributed by atoms with E-state index in [1.165, 1.54) is 0 Å². The van der Waals surface area contributed by atoms with Crippen LogP contribution >= 0.6 is 0 Å². The number of hydrogen-bond donors (Lipinski definition) is 1. The molecule has 1 N–H and O–H groups in total. The minimum atomic E-state index is 0.576. The van der Waals surface area contributed by atoms with Crippen LogP contribution in [0.3, 0.4) is 0 Å². The second-order valence-electron chi connectivity index (χ2n) is 3.65. The third-order valence-electron chi connectivity index (χ3n) is 2.68. The zero-order valence-electron chi connectivity index (χ0n) is 8.88. The highest BCUT2D eigenvalue weighted by Crippen LogP contribution is 2.26. The lowest BCUT2D eigenvalue weighted by molar-refractivity contribution is 1.09. The summed E-state index contributed by atoms with van der Waals surface area (Å²) in [5.41, 5.74) is 2.96. The second-order valence-corrected chi connectivity index (χ2v) is 3.65. The number of hydrogen-bond acceptors (Lipinski definition) is 3. The average Bonchev–Trinajstić information content (AvgIpc) is 2.91. The molecule has 0 atom stereocenters. The first-order valence-electron chi connectivity index (χ1n) is 5.18. The lowest BCUT2D eigenvalue weighted by Gasteiger charge is -2.04. The number of nitriles is 1. The van der Waals surface area contributed by atoms with Crippen molar-refractivity contribution in [1.82, 2.24) is 15.2 Å². The molecular formula is C13H8N4.